The van der Waals surface area contributed by atoms with Gasteiger partial charge in [-0.3, -0.25) is 4.79 Å². The summed E-state index contributed by atoms with van der Waals surface area (Å²) in [6, 6.07) is 3.32. The summed E-state index contributed by atoms with van der Waals surface area (Å²) in [6.07, 6.45) is 3.19. The van der Waals surface area contributed by atoms with Crippen LogP contribution in [0.4, 0.5) is 0 Å². The van der Waals surface area contributed by atoms with Gasteiger partial charge in [0.05, 0.1) is 14.5 Å². The van der Waals surface area contributed by atoms with E-state index in [1.165, 1.54) is 33.1 Å². The van der Waals surface area contributed by atoms with Crippen molar-refractivity contribution in [1.29, 1.82) is 0 Å². The molecule has 1 saturated heterocycles. The molecular formula is C15H16BrN3O3S3. The number of sulfonamides is 1. The summed E-state index contributed by atoms with van der Waals surface area (Å²) < 4.78 is 27.7. The number of carbonyl (C=O) groups excluding carboxylic acids is 1. The quantitative estimate of drug-likeness (QED) is 0.656. The van der Waals surface area contributed by atoms with Crippen molar-refractivity contribution >= 4 is 60.6 Å². The van der Waals surface area contributed by atoms with E-state index in [-0.39, 0.29) is 5.91 Å². The maximum atomic E-state index is 12.6. The molecule has 134 valence electrons. The number of halogens is 1. The van der Waals surface area contributed by atoms with Crippen LogP contribution in [0.5, 0.6) is 0 Å². The number of carbonyl (C=O) groups is 1. The van der Waals surface area contributed by atoms with Crippen LogP contribution in [0.1, 0.15) is 10.7 Å². The van der Waals surface area contributed by atoms with Crippen LogP contribution in [-0.2, 0) is 14.8 Å². The number of piperazine rings is 1. The molecule has 0 bridgehead atoms. The second-order valence-corrected chi connectivity index (χ2v) is 11.1. The number of thiazole rings is 1. The van der Waals surface area contributed by atoms with E-state index < -0.39 is 10.0 Å². The van der Waals surface area contributed by atoms with Crippen molar-refractivity contribution in [2.75, 3.05) is 26.2 Å². The number of aryl methyl sites for hydroxylation is 1. The molecule has 0 aliphatic carbocycles. The highest BCUT2D eigenvalue weighted by Gasteiger charge is 2.30. The summed E-state index contributed by atoms with van der Waals surface area (Å²) in [4.78, 5) is 18.2. The summed E-state index contributed by atoms with van der Waals surface area (Å²) in [7, 11) is -3.49. The molecule has 0 unspecified atom stereocenters. The summed E-state index contributed by atoms with van der Waals surface area (Å²) >= 11 is 6.01. The minimum absolute atomic E-state index is 0.124. The highest BCUT2D eigenvalue weighted by molar-refractivity contribution is 9.11. The Morgan fingerprint density at radius 3 is 2.56 bits per heavy atom. The molecular weight excluding hydrogens is 446 g/mol. The molecule has 0 N–H and O–H groups in total. The van der Waals surface area contributed by atoms with Gasteiger partial charge in [-0.15, -0.1) is 22.7 Å². The van der Waals surface area contributed by atoms with E-state index in [2.05, 4.69) is 20.9 Å². The standard InChI is InChI=1S/C15H16BrN3O3S3/c1-11-17-12(10-23-11)2-4-14(20)18-6-8-19(9-7-18)25(21,22)15-5-3-13(16)24-15/h2-5,10H,6-9H2,1H3/b4-2+. The molecule has 1 amide bonds. The highest BCUT2D eigenvalue weighted by Crippen LogP contribution is 2.28. The average molecular weight is 462 g/mol. The van der Waals surface area contributed by atoms with E-state index >= 15 is 0 Å². The first-order valence-corrected chi connectivity index (χ1v) is 11.4. The molecule has 0 spiro atoms. The van der Waals surface area contributed by atoms with Crippen molar-refractivity contribution in [3.8, 4) is 0 Å². The van der Waals surface area contributed by atoms with E-state index in [0.717, 1.165) is 14.5 Å². The van der Waals surface area contributed by atoms with Gasteiger partial charge in [0.25, 0.3) is 10.0 Å². The number of aromatic nitrogens is 1. The van der Waals surface area contributed by atoms with Crippen LogP contribution in [0, 0.1) is 6.92 Å². The van der Waals surface area contributed by atoms with Gasteiger partial charge in [-0.05, 0) is 41.1 Å². The van der Waals surface area contributed by atoms with Gasteiger partial charge in [0.15, 0.2) is 0 Å². The van der Waals surface area contributed by atoms with Crippen LogP contribution < -0.4 is 0 Å². The van der Waals surface area contributed by atoms with E-state index in [4.69, 9.17) is 0 Å². The Kier molecular flexibility index (Phi) is 5.74. The normalized spacial score (nSPS) is 16.6. The monoisotopic (exact) mass is 461 g/mol. The SMILES string of the molecule is Cc1nc(/C=C/C(=O)N2CCN(S(=O)(=O)c3ccc(Br)s3)CC2)cs1. The van der Waals surface area contributed by atoms with Crippen molar-refractivity contribution < 1.29 is 13.2 Å². The van der Waals surface area contributed by atoms with Gasteiger partial charge >= 0.3 is 0 Å². The maximum Gasteiger partial charge on any atom is 0.252 e. The van der Waals surface area contributed by atoms with Crippen molar-refractivity contribution in [2.45, 2.75) is 11.1 Å². The van der Waals surface area contributed by atoms with Crippen LogP contribution in [0.15, 0.2) is 31.6 Å². The van der Waals surface area contributed by atoms with Crippen LogP contribution in [0.25, 0.3) is 6.08 Å². The fraction of sp³-hybridized carbons (Fsp3) is 0.333. The van der Waals surface area contributed by atoms with Crippen LogP contribution >= 0.6 is 38.6 Å². The third-order valence-corrected chi connectivity index (χ3v) is 8.51. The van der Waals surface area contributed by atoms with Gasteiger partial charge in [-0.25, -0.2) is 13.4 Å². The van der Waals surface area contributed by atoms with Crippen LogP contribution in [-0.4, -0.2) is 54.7 Å². The molecule has 0 aromatic carbocycles. The van der Waals surface area contributed by atoms with E-state index in [9.17, 15) is 13.2 Å². The van der Waals surface area contributed by atoms with Crippen LogP contribution in [0.3, 0.4) is 0 Å². The maximum absolute atomic E-state index is 12.6. The second-order valence-electron chi connectivity index (χ2n) is 5.41. The largest absolute Gasteiger partial charge is 0.337 e. The third-order valence-electron chi connectivity index (χ3n) is 3.73. The minimum atomic E-state index is -3.49. The predicted octanol–water partition coefficient (Wildman–Crippen LogP) is 2.82. The molecule has 3 heterocycles. The number of rotatable bonds is 4. The fourth-order valence-electron chi connectivity index (χ4n) is 2.43. The zero-order valence-electron chi connectivity index (χ0n) is 13.4. The molecule has 25 heavy (non-hydrogen) atoms. The first-order valence-electron chi connectivity index (χ1n) is 7.51. The van der Waals surface area contributed by atoms with E-state index in [0.29, 0.717) is 30.4 Å². The Labute approximate surface area is 163 Å². The molecule has 1 aliphatic heterocycles. The Hall–Kier alpha value is -1.07. The molecule has 2 aromatic heterocycles. The Balaban J connectivity index is 1.60. The van der Waals surface area contributed by atoms with Gasteiger partial charge in [0.1, 0.15) is 4.21 Å². The molecule has 3 rings (SSSR count). The zero-order valence-corrected chi connectivity index (χ0v) is 17.4. The minimum Gasteiger partial charge on any atom is -0.337 e. The average Bonchev–Trinajstić information content (AvgIpc) is 3.21. The predicted molar refractivity (Wildman–Crippen MR) is 103 cm³/mol. The topological polar surface area (TPSA) is 70.6 Å². The summed E-state index contributed by atoms with van der Waals surface area (Å²) in [6.45, 7) is 3.27. The summed E-state index contributed by atoms with van der Waals surface area (Å²) in [5, 5.41) is 2.84. The van der Waals surface area contributed by atoms with Gasteiger partial charge in [0.2, 0.25) is 5.91 Å². The lowest BCUT2D eigenvalue weighted by molar-refractivity contribution is -0.127. The van der Waals surface area contributed by atoms with Crippen molar-refractivity contribution in [2.24, 2.45) is 0 Å². The lowest BCUT2D eigenvalue weighted by Gasteiger charge is -2.33. The molecule has 0 atom stereocenters. The molecule has 1 fully saturated rings. The number of hydrogen-bond acceptors (Lipinski definition) is 6. The highest BCUT2D eigenvalue weighted by atomic mass is 79.9. The molecule has 0 radical (unpaired) electrons. The van der Waals surface area contributed by atoms with Gasteiger partial charge in [0, 0.05) is 37.6 Å². The van der Waals surface area contributed by atoms with Crippen molar-refractivity contribution in [1.82, 2.24) is 14.2 Å². The Morgan fingerprint density at radius 2 is 2.00 bits per heavy atom. The zero-order chi connectivity index (χ0) is 18.0. The lowest BCUT2D eigenvalue weighted by Crippen LogP contribution is -2.50. The first kappa shape index (κ1) is 18.7. The van der Waals surface area contributed by atoms with Crippen molar-refractivity contribution in [3.63, 3.8) is 0 Å². The second kappa shape index (κ2) is 7.67. The van der Waals surface area contributed by atoms with E-state index in [1.807, 2.05) is 12.3 Å². The molecule has 2 aromatic rings. The summed E-state index contributed by atoms with van der Waals surface area (Å²) in [5.41, 5.74) is 0.764. The number of thiophene rings is 1. The number of amides is 1. The number of nitrogens with zero attached hydrogens (tertiary/aromatic N) is 3. The van der Waals surface area contributed by atoms with Crippen molar-refractivity contribution in [3.05, 3.63) is 38.1 Å². The molecule has 6 nitrogen and oxygen atoms in total. The molecule has 0 saturated carbocycles. The van der Waals surface area contributed by atoms with Crippen LogP contribution in [0.2, 0.25) is 0 Å². The third kappa shape index (κ3) is 4.37. The van der Waals surface area contributed by atoms with Gasteiger partial charge < -0.3 is 4.90 Å². The Bertz CT molecular complexity index is 896. The Morgan fingerprint density at radius 1 is 1.28 bits per heavy atom. The van der Waals surface area contributed by atoms with Gasteiger partial charge in [-0.1, -0.05) is 0 Å². The van der Waals surface area contributed by atoms with Gasteiger partial charge in [-0.2, -0.15) is 4.31 Å². The summed E-state index contributed by atoms with van der Waals surface area (Å²) in [5.74, 6) is -0.124. The fourth-order valence-corrected chi connectivity index (χ4v) is 6.60. The number of hydrogen-bond donors (Lipinski definition) is 0. The molecule has 1 aliphatic rings. The lowest BCUT2D eigenvalue weighted by atomic mass is 10.3. The van der Waals surface area contributed by atoms with E-state index in [1.54, 1.807) is 23.1 Å². The molecule has 10 heteroatoms. The smallest absolute Gasteiger partial charge is 0.252 e. The first-order chi connectivity index (χ1) is 11.9.